The smallest absolute Gasteiger partial charge is 0.300 e. The summed E-state index contributed by atoms with van der Waals surface area (Å²) in [5.41, 5.74) is 0.00639. The summed E-state index contributed by atoms with van der Waals surface area (Å²) in [7, 11) is 0. The minimum atomic E-state index is -2.96. The minimum absolute atomic E-state index is 0.00639. The predicted molar refractivity (Wildman–Crippen MR) is 57.1 cm³/mol. The SMILES string of the molecule is CC(C)COc1ccc(C(=O)C(F)F)cc1. The zero-order valence-electron chi connectivity index (χ0n) is 9.24. The number of alkyl halides is 2. The number of benzene rings is 1. The normalized spacial score (nSPS) is 10.9. The van der Waals surface area contributed by atoms with E-state index in [1.807, 2.05) is 13.8 Å². The van der Waals surface area contributed by atoms with Gasteiger partial charge in [-0.05, 0) is 30.2 Å². The lowest BCUT2D eigenvalue weighted by molar-refractivity contribution is 0.0678. The maximum atomic E-state index is 12.1. The van der Waals surface area contributed by atoms with Gasteiger partial charge in [-0.3, -0.25) is 4.79 Å². The summed E-state index contributed by atoms with van der Waals surface area (Å²) in [4.78, 5) is 10.9. The van der Waals surface area contributed by atoms with Gasteiger partial charge in [-0.15, -0.1) is 0 Å². The van der Waals surface area contributed by atoms with Crippen LogP contribution < -0.4 is 4.74 Å². The Kier molecular flexibility index (Phi) is 4.40. The van der Waals surface area contributed by atoms with Gasteiger partial charge in [0.05, 0.1) is 6.61 Å². The first kappa shape index (κ1) is 12.6. The molecule has 88 valence electrons. The molecular weight excluding hydrogens is 214 g/mol. The predicted octanol–water partition coefficient (Wildman–Crippen LogP) is 3.17. The summed E-state index contributed by atoms with van der Waals surface area (Å²) >= 11 is 0. The molecule has 0 aliphatic rings. The van der Waals surface area contributed by atoms with Gasteiger partial charge in [0.25, 0.3) is 0 Å². The Morgan fingerprint density at radius 2 is 1.81 bits per heavy atom. The van der Waals surface area contributed by atoms with Crippen LogP contribution in [0.4, 0.5) is 8.78 Å². The number of halogens is 2. The fourth-order valence-corrected chi connectivity index (χ4v) is 1.10. The van der Waals surface area contributed by atoms with E-state index in [9.17, 15) is 13.6 Å². The van der Waals surface area contributed by atoms with Gasteiger partial charge in [0, 0.05) is 5.56 Å². The number of hydrogen-bond acceptors (Lipinski definition) is 2. The Hall–Kier alpha value is -1.45. The van der Waals surface area contributed by atoms with Crippen LogP contribution in [0.3, 0.4) is 0 Å². The third-order valence-electron chi connectivity index (χ3n) is 1.92. The average molecular weight is 228 g/mol. The second-order valence-electron chi connectivity index (χ2n) is 3.89. The van der Waals surface area contributed by atoms with E-state index in [1.54, 1.807) is 0 Å². The number of ether oxygens (including phenoxy) is 1. The Balaban J connectivity index is 2.64. The Labute approximate surface area is 93.2 Å². The molecule has 0 unspecified atom stereocenters. The third kappa shape index (κ3) is 3.61. The molecule has 0 bridgehead atoms. The van der Waals surface area contributed by atoms with Crippen LogP contribution >= 0.6 is 0 Å². The van der Waals surface area contributed by atoms with Gasteiger partial charge in [0.1, 0.15) is 5.75 Å². The van der Waals surface area contributed by atoms with Crippen LogP contribution in [-0.2, 0) is 0 Å². The van der Waals surface area contributed by atoms with Crippen molar-refractivity contribution >= 4 is 5.78 Å². The zero-order chi connectivity index (χ0) is 12.1. The van der Waals surface area contributed by atoms with Gasteiger partial charge in [-0.2, -0.15) is 0 Å². The summed E-state index contributed by atoms with van der Waals surface area (Å²) in [5, 5.41) is 0. The van der Waals surface area contributed by atoms with Crippen LogP contribution in [0.1, 0.15) is 24.2 Å². The van der Waals surface area contributed by atoms with Gasteiger partial charge in [0.15, 0.2) is 0 Å². The number of Topliss-reactive ketones (excluding diaryl/α,β-unsaturated/α-hetero) is 1. The van der Waals surface area contributed by atoms with E-state index in [4.69, 9.17) is 4.74 Å². The van der Waals surface area contributed by atoms with Gasteiger partial charge in [0.2, 0.25) is 5.78 Å². The van der Waals surface area contributed by atoms with Gasteiger partial charge in [-0.1, -0.05) is 13.8 Å². The van der Waals surface area contributed by atoms with Crippen LogP contribution in [0.2, 0.25) is 0 Å². The molecule has 0 heterocycles. The molecule has 0 spiro atoms. The zero-order valence-corrected chi connectivity index (χ0v) is 9.24. The second kappa shape index (κ2) is 5.58. The van der Waals surface area contributed by atoms with Crippen LogP contribution in [0, 0.1) is 5.92 Å². The van der Waals surface area contributed by atoms with Crippen molar-refractivity contribution in [3.8, 4) is 5.75 Å². The molecule has 1 rings (SSSR count). The molecule has 0 fully saturated rings. The van der Waals surface area contributed by atoms with Gasteiger partial charge < -0.3 is 4.74 Å². The van der Waals surface area contributed by atoms with Gasteiger partial charge in [-0.25, -0.2) is 8.78 Å². The van der Waals surface area contributed by atoms with Crippen LogP contribution in [0.5, 0.6) is 5.75 Å². The van der Waals surface area contributed by atoms with Crippen molar-refractivity contribution in [3.05, 3.63) is 29.8 Å². The average Bonchev–Trinajstić information content (AvgIpc) is 2.26. The maximum absolute atomic E-state index is 12.1. The number of carbonyl (C=O) groups excluding carboxylic acids is 1. The molecule has 0 saturated heterocycles. The van der Waals surface area contributed by atoms with Crippen LogP contribution in [0.25, 0.3) is 0 Å². The molecule has 1 aromatic rings. The molecule has 0 amide bonds. The fraction of sp³-hybridized carbons (Fsp3) is 0.417. The van der Waals surface area contributed by atoms with Crippen LogP contribution in [0.15, 0.2) is 24.3 Å². The fourth-order valence-electron chi connectivity index (χ4n) is 1.10. The highest BCUT2D eigenvalue weighted by Gasteiger charge is 2.17. The monoisotopic (exact) mass is 228 g/mol. The Morgan fingerprint density at radius 1 is 1.25 bits per heavy atom. The third-order valence-corrected chi connectivity index (χ3v) is 1.92. The molecular formula is C12H14F2O2. The standard InChI is InChI=1S/C12H14F2O2/c1-8(2)7-16-10-5-3-9(4-6-10)11(15)12(13)14/h3-6,8,12H,7H2,1-2H3. The highest BCUT2D eigenvalue weighted by Crippen LogP contribution is 2.15. The molecule has 0 atom stereocenters. The minimum Gasteiger partial charge on any atom is -0.493 e. The lowest BCUT2D eigenvalue weighted by Crippen LogP contribution is -2.10. The van der Waals surface area contributed by atoms with Gasteiger partial charge >= 0.3 is 6.43 Å². The Bertz CT molecular complexity index is 345. The van der Waals surface area contributed by atoms with Crippen LogP contribution in [-0.4, -0.2) is 18.8 Å². The highest BCUT2D eigenvalue weighted by atomic mass is 19.3. The van der Waals surface area contributed by atoms with Crippen molar-refractivity contribution in [2.45, 2.75) is 20.3 Å². The molecule has 1 aromatic carbocycles. The number of hydrogen-bond donors (Lipinski definition) is 0. The molecule has 0 saturated carbocycles. The van der Waals surface area contributed by atoms with Crippen molar-refractivity contribution in [3.63, 3.8) is 0 Å². The molecule has 0 aromatic heterocycles. The summed E-state index contributed by atoms with van der Waals surface area (Å²) in [6, 6.07) is 5.75. The molecule has 2 nitrogen and oxygen atoms in total. The first-order chi connectivity index (χ1) is 7.50. The lowest BCUT2D eigenvalue weighted by Gasteiger charge is -2.08. The number of ketones is 1. The summed E-state index contributed by atoms with van der Waals surface area (Å²) < 4.78 is 29.5. The van der Waals surface area contributed by atoms with E-state index in [1.165, 1.54) is 24.3 Å². The molecule has 0 aliphatic heterocycles. The van der Waals surface area contributed by atoms with E-state index in [0.717, 1.165) is 0 Å². The summed E-state index contributed by atoms with van der Waals surface area (Å²) in [6.07, 6.45) is -2.96. The summed E-state index contributed by atoms with van der Waals surface area (Å²) in [6.45, 7) is 4.57. The highest BCUT2D eigenvalue weighted by molar-refractivity contribution is 5.98. The van der Waals surface area contributed by atoms with Crippen molar-refractivity contribution < 1.29 is 18.3 Å². The van der Waals surface area contributed by atoms with E-state index in [0.29, 0.717) is 18.3 Å². The molecule has 0 radical (unpaired) electrons. The quantitative estimate of drug-likeness (QED) is 0.723. The van der Waals surface area contributed by atoms with Crippen molar-refractivity contribution in [1.29, 1.82) is 0 Å². The summed E-state index contributed by atoms with van der Waals surface area (Å²) in [5.74, 6) is -0.183. The van der Waals surface area contributed by atoms with Crippen molar-refractivity contribution in [2.75, 3.05) is 6.61 Å². The molecule has 16 heavy (non-hydrogen) atoms. The lowest BCUT2D eigenvalue weighted by atomic mass is 10.1. The van der Waals surface area contributed by atoms with Crippen molar-refractivity contribution in [2.24, 2.45) is 5.92 Å². The van der Waals surface area contributed by atoms with Crippen molar-refractivity contribution in [1.82, 2.24) is 0 Å². The number of rotatable bonds is 5. The second-order valence-corrected chi connectivity index (χ2v) is 3.89. The van der Waals surface area contributed by atoms with E-state index in [2.05, 4.69) is 0 Å². The molecule has 0 aliphatic carbocycles. The topological polar surface area (TPSA) is 26.3 Å². The van der Waals surface area contributed by atoms with E-state index >= 15 is 0 Å². The number of carbonyl (C=O) groups is 1. The largest absolute Gasteiger partial charge is 0.493 e. The Morgan fingerprint density at radius 3 is 2.25 bits per heavy atom. The van der Waals surface area contributed by atoms with E-state index < -0.39 is 12.2 Å². The molecule has 0 N–H and O–H groups in total. The van der Waals surface area contributed by atoms with E-state index in [-0.39, 0.29) is 5.56 Å². The molecule has 4 heteroatoms. The first-order valence-electron chi connectivity index (χ1n) is 5.06. The maximum Gasteiger partial charge on any atom is 0.300 e. The first-order valence-corrected chi connectivity index (χ1v) is 5.06.